The first kappa shape index (κ1) is 12.9. The molecule has 4 heteroatoms. The third-order valence-corrected chi connectivity index (χ3v) is 4.74. The topological polar surface area (TPSA) is 55.0 Å². The quantitative estimate of drug-likeness (QED) is 0.900. The number of hydrogen-bond donors (Lipinski definition) is 1. The van der Waals surface area contributed by atoms with Crippen LogP contribution in [0.1, 0.15) is 38.1 Å². The molecule has 0 bridgehead atoms. The number of anilines is 1. The second-order valence-corrected chi connectivity index (χ2v) is 5.93. The van der Waals surface area contributed by atoms with Crippen LogP contribution in [0, 0.1) is 11.8 Å². The molecule has 19 heavy (non-hydrogen) atoms. The largest absolute Gasteiger partial charge is 0.340 e. The molecule has 2 N–H and O–H groups in total. The maximum atomic E-state index is 6.20. The van der Waals surface area contributed by atoms with Gasteiger partial charge in [-0.25, -0.2) is 9.97 Å². The van der Waals surface area contributed by atoms with Crippen molar-refractivity contribution in [1.29, 1.82) is 0 Å². The summed E-state index contributed by atoms with van der Waals surface area (Å²) in [6, 6.07) is 2.52. The van der Waals surface area contributed by atoms with Crippen LogP contribution in [0.2, 0.25) is 0 Å². The maximum absolute atomic E-state index is 6.20. The highest BCUT2D eigenvalue weighted by Gasteiger charge is 2.41. The van der Waals surface area contributed by atoms with E-state index >= 15 is 0 Å². The Morgan fingerprint density at radius 3 is 2.42 bits per heavy atom. The summed E-state index contributed by atoms with van der Waals surface area (Å²) in [4.78, 5) is 11.8. The molecule has 3 rings (SSSR count). The average molecular weight is 260 g/mol. The number of nitrogens with two attached hydrogens (primary N) is 1. The lowest BCUT2D eigenvalue weighted by atomic mass is 9.98. The summed E-state index contributed by atoms with van der Waals surface area (Å²) < 4.78 is 0. The van der Waals surface area contributed by atoms with Gasteiger partial charge in [0, 0.05) is 30.5 Å². The first-order valence-corrected chi connectivity index (χ1v) is 7.58. The van der Waals surface area contributed by atoms with Crippen LogP contribution in [-0.2, 0) is 12.8 Å². The molecule has 3 unspecified atom stereocenters. The van der Waals surface area contributed by atoms with Gasteiger partial charge in [-0.2, -0.15) is 0 Å². The van der Waals surface area contributed by atoms with Gasteiger partial charge in [0.15, 0.2) is 0 Å². The summed E-state index contributed by atoms with van der Waals surface area (Å²) in [7, 11) is 0. The molecule has 2 heterocycles. The van der Waals surface area contributed by atoms with Crippen LogP contribution in [-0.4, -0.2) is 29.1 Å². The van der Waals surface area contributed by atoms with Gasteiger partial charge in [-0.15, -0.1) is 0 Å². The first-order valence-electron chi connectivity index (χ1n) is 7.58. The predicted molar refractivity (Wildman–Crippen MR) is 77.2 cm³/mol. The van der Waals surface area contributed by atoms with Crippen molar-refractivity contribution in [1.82, 2.24) is 9.97 Å². The Morgan fingerprint density at radius 1 is 1.16 bits per heavy atom. The standard InChI is InChI=1S/C15H24N4/c1-3-11-7-12(4-2)18-15(17-11)19-8-10-5-6-14(16)13(10)9-19/h7,10,13-14H,3-6,8-9,16H2,1-2H3. The number of rotatable bonds is 3. The number of fused-ring (bicyclic) bond motifs is 1. The van der Waals surface area contributed by atoms with Gasteiger partial charge in [0.1, 0.15) is 0 Å². The molecule has 1 saturated heterocycles. The molecule has 1 saturated carbocycles. The Bertz CT molecular complexity index is 437. The van der Waals surface area contributed by atoms with Crippen LogP contribution in [0.3, 0.4) is 0 Å². The predicted octanol–water partition coefficient (Wildman–Crippen LogP) is 1.77. The Hall–Kier alpha value is -1.16. The highest BCUT2D eigenvalue weighted by molar-refractivity contribution is 5.35. The molecule has 0 amide bonds. The second-order valence-electron chi connectivity index (χ2n) is 5.93. The van der Waals surface area contributed by atoms with E-state index in [4.69, 9.17) is 15.7 Å². The molecule has 2 fully saturated rings. The summed E-state index contributed by atoms with van der Waals surface area (Å²) in [6.45, 7) is 6.44. The highest BCUT2D eigenvalue weighted by atomic mass is 15.3. The molecule has 1 aliphatic heterocycles. The Kier molecular flexibility index (Phi) is 3.44. The van der Waals surface area contributed by atoms with Gasteiger partial charge in [-0.05, 0) is 43.6 Å². The molecule has 1 aliphatic carbocycles. The van der Waals surface area contributed by atoms with Gasteiger partial charge in [-0.1, -0.05) is 13.8 Å². The van der Waals surface area contributed by atoms with E-state index < -0.39 is 0 Å². The van der Waals surface area contributed by atoms with E-state index in [1.54, 1.807) is 0 Å². The van der Waals surface area contributed by atoms with Gasteiger partial charge in [-0.3, -0.25) is 0 Å². The molecule has 4 nitrogen and oxygen atoms in total. The van der Waals surface area contributed by atoms with Crippen molar-refractivity contribution in [2.24, 2.45) is 17.6 Å². The molecule has 2 aliphatic rings. The molecule has 3 atom stereocenters. The van der Waals surface area contributed by atoms with Crippen molar-refractivity contribution in [2.75, 3.05) is 18.0 Å². The van der Waals surface area contributed by atoms with Crippen molar-refractivity contribution in [3.63, 3.8) is 0 Å². The normalized spacial score (nSPS) is 29.8. The Morgan fingerprint density at radius 2 is 1.84 bits per heavy atom. The van der Waals surface area contributed by atoms with Crippen LogP contribution in [0.5, 0.6) is 0 Å². The smallest absolute Gasteiger partial charge is 0.225 e. The number of nitrogens with zero attached hydrogens (tertiary/aromatic N) is 3. The average Bonchev–Trinajstić information content (AvgIpc) is 3.01. The maximum Gasteiger partial charge on any atom is 0.225 e. The minimum absolute atomic E-state index is 0.384. The summed E-state index contributed by atoms with van der Waals surface area (Å²) in [5.74, 6) is 2.34. The molecule has 104 valence electrons. The lowest BCUT2D eigenvalue weighted by Crippen LogP contribution is -2.31. The minimum atomic E-state index is 0.384. The van der Waals surface area contributed by atoms with Gasteiger partial charge in [0.2, 0.25) is 5.95 Å². The van der Waals surface area contributed by atoms with Gasteiger partial charge < -0.3 is 10.6 Å². The monoisotopic (exact) mass is 260 g/mol. The van der Waals surface area contributed by atoms with Crippen molar-refractivity contribution in [2.45, 2.75) is 45.6 Å². The van der Waals surface area contributed by atoms with Crippen LogP contribution in [0.25, 0.3) is 0 Å². The number of hydrogen-bond acceptors (Lipinski definition) is 4. The molecular weight excluding hydrogens is 236 g/mol. The Balaban J connectivity index is 1.83. The van der Waals surface area contributed by atoms with Crippen LogP contribution < -0.4 is 10.6 Å². The minimum Gasteiger partial charge on any atom is -0.340 e. The third kappa shape index (κ3) is 2.34. The van der Waals surface area contributed by atoms with E-state index in [-0.39, 0.29) is 0 Å². The first-order chi connectivity index (χ1) is 9.21. The second kappa shape index (κ2) is 5.08. The molecule has 0 spiro atoms. The molecule has 0 aromatic carbocycles. The fourth-order valence-electron chi connectivity index (χ4n) is 3.51. The van der Waals surface area contributed by atoms with Crippen LogP contribution >= 0.6 is 0 Å². The van der Waals surface area contributed by atoms with E-state index in [9.17, 15) is 0 Å². The Labute approximate surface area is 115 Å². The zero-order valence-electron chi connectivity index (χ0n) is 12.0. The fourth-order valence-corrected chi connectivity index (χ4v) is 3.51. The summed E-state index contributed by atoms with van der Waals surface area (Å²) >= 11 is 0. The summed E-state index contributed by atoms with van der Waals surface area (Å²) in [6.07, 6.45) is 4.42. The fraction of sp³-hybridized carbons (Fsp3) is 0.733. The van der Waals surface area contributed by atoms with E-state index in [2.05, 4.69) is 24.8 Å². The lowest BCUT2D eigenvalue weighted by Gasteiger charge is -2.19. The van der Waals surface area contributed by atoms with Crippen molar-refractivity contribution >= 4 is 5.95 Å². The van der Waals surface area contributed by atoms with Crippen molar-refractivity contribution in [3.05, 3.63) is 17.5 Å². The van der Waals surface area contributed by atoms with E-state index in [1.807, 2.05) is 0 Å². The molecule has 0 radical (unpaired) electrons. The zero-order chi connectivity index (χ0) is 13.4. The molecular formula is C15H24N4. The molecule has 1 aromatic heterocycles. The van der Waals surface area contributed by atoms with Crippen LogP contribution in [0.4, 0.5) is 5.95 Å². The van der Waals surface area contributed by atoms with Crippen molar-refractivity contribution < 1.29 is 0 Å². The van der Waals surface area contributed by atoms with Gasteiger partial charge in [0.05, 0.1) is 0 Å². The van der Waals surface area contributed by atoms with E-state index in [0.717, 1.165) is 49.2 Å². The van der Waals surface area contributed by atoms with Gasteiger partial charge in [0.25, 0.3) is 0 Å². The van der Waals surface area contributed by atoms with Crippen molar-refractivity contribution in [3.8, 4) is 0 Å². The zero-order valence-corrected chi connectivity index (χ0v) is 12.0. The highest BCUT2D eigenvalue weighted by Crippen LogP contribution is 2.38. The van der Waals surface area contributed by atoms with Crippen LogP contribution in [0.15, 0.2) is 6.07 Å². The van der Waals surface area contributed by atoms with Gasteiger partial charge >= 0.3 is 0 Å². The SMILES string of the molecule is CCc1cc(CC)nc(N2CC3CCC(N)C3C2)n1. The summed E-state index contributed by atoms with van der Waals surface area (Å²) in [5.41, 5.74) is 8.52. The molecule has 1 aromatic rings. The summed E-state index contributed by atoms with van der Waals surface area (Å²) in [5, 5.41) is 0. The van der Waals surface area contributed by atoms with E-state index in [1.165, 1.54) is 12.8 Å². The lowest BCUT2D eigenvalue weighted by molar-refractivity contribution is 0.453. The van der Waals surface area contributed by atoms with E-state index in [0.29, 0.717) is 12.0 Å². The third-order valence-electron chi connectivity index (χ3n) is 4.74. The number of aryl methyl sites for hydroxylation is 2. The number of aromatic nitrogens is 2.